The molecule has 0 saturated carbocycles. The maximum Gasteiger partial charge on any atom is 0.317 e. The summed E-state index contributed by atoms with van der Waals surface area (Å²) in [6.07, 6.45) is 1.69. The molecule has 0 amide bonds. The maximum absolute atomic E-state index is 10.7. The molecule has 70 valence electrons. The molecule has 2 atom stereocenters. The molecule has 0 aromatic rings. The van der Waals surface area contributed by atoms with E-state index in [9.17, 15) is 4.79 Å². The Morgan fingerprint density at radius 3 is 2.08 bits per heavy atom. The first-order valence-electron chi connectivity index (χ1n) is 3.80. The van der Waals surface area contributed by atoms with Gasteiger partial charge >= 0.3 is 5.97 Å². The number of halogens is 1. The highest BCUT2D eigenvalue weighted by Crippen LogP contribution is 2.33. The average Bonchev–Trinajstić information content (AvgIpc) is 1.85. The number of carbonyl (C=O) groups is 1. The Hall–Kier alpha value is -0.310. The van der Waals surface area contributed by atoms with Crippen LogP contribution in [-0.4, -0.2) is 15.9 Å². The number of hydrogen-bond donors (Lipinski definition) is 1. The quantitative estimate of drug-likeness (QED) is 0.603. The predicted octanol–water partition coefficient (Wildman–Crippen LogP) is 2.68. The lowest BCUT2D eigenvalue weighted by Crippen LogP contribution is -2.32. The predicted molar refractivity (Wildman–Crippen MR) is 53.5 cm³/mol. The number of alkyl halides is 1. The van der Waals surface area contributed by atoms with Gasteiger partial charge in [0.2, 0.25) is 0 Å². The van der Waals surface area contributed by atoms with E-state index >= 15 is 0 Å². The normalized spacial score (nSPS) is 16.7. The largest absolute Gasteiger partial charge is 0.480 e. The molecule has 0 radical (unpaired) electrons. The van der Waals surface area contributed by atoms with Crippen LogP contribution in [0.4, 0.5) is 0 Å². The van der Waals surface area contributed by atoms with Crippen molar-refractivity contribution in [2.45, 2.75) is 25.6 Å². The van der Waals surface area contributed by atoms with Gasteiger partial charge < -0.3 is 5.11 Å². The molecule has 0 aliphatic heterocycles. The zero-order valence-electron chi connectivity index (χ0n) is 7.67. The highest BCUT2D eigenvalue weighted by molar-refractivity contribution is 9.10. The van der Waals surface area contributed by atoms with E-state index in [0.717, 1.165) is 0 Å². The van der Waals surface area contributed by atoms with Gasteiger partial charge in [0.1, 0.15) is 4.83 Å². The summed E-state index contributed by atoms with van der Waals surface area (Å²) in [4.78, 5) is 10.1. The molecule has 0 aliphatic carbocycles. The monoisotopic (exact) mass is 234 g/mol. The third-order valence-electron chi connectivity index (χ3n) is 1.81. The second-order valence-corrected chi connectivity index (χ2v) is 4.85. The van der Waals surface area contributed by atoms with Crippen LogP contribution in [0, 0.1) is 11.3 Å². The minimum Gasteiger partial charge on any atom is -0.480 e. The van der Waals surface area contributed by atoms with Crippen LogP contribution in [0.15, 0.2) is 12.7 Å². The van der Waals surface area contributed by atoms with E-state index in [0.29, 0.717) is 0 Å². The standard InChI is InChI=1S/C9H15BrO2/c1-5-6(9(2,3)4)7(10)8(11)12/h5-7H,1H2,2-4H3,(H,11,12)/t6-,7-/m0/s1. The molecule has 0 bridgehead atoms. The number of hydrogen-bond acceptors (Lipinski definition) is 1. The molecule has 0 rings (SSSR count). The Balaban J connectivity index is 4.57. The summed E-state index contributed by atoms with van der Waals surface area (Å²) in [6, 6.07) is 0. The van der Waals surface area contributed by atoms with E-state index in [2.05, 4.69) is 22.5 Å². The Morgan fingerprint density at radius 2 is 2.00 bits per heavy atom. The van der Waals surface area contributed by atoms with Crippen molar-refractivity contribution in [2.75, 3.05) is 0 Å². The molecule has 0 aromatic carbocycles. The van der Waals surface area contributed by atoms with Gasteiger partial charge in [-0.1, -0.05) is 42.8 Å². The van der Waals surface area contributed by atoms with E-state index in [1.54, 1.807) is 6.08 Å². The zero-order valence-corrected chi connectivity index (χ0v) is 9.26. The average molecular weight is 235 g/mol. The van der Waals surface area contributed by atoms with Gasteiger partial charge in [-0.15, -0.1) is 6.58 Å². The van der Waals surface area contributed by atoms with Gasteiger partial charge in [0, 0.05) is 5.92 Å². The first-order valence-corrected chi connectivity index (χ1v) is 4.71. The van der Waals surface area contributed by atoms with E-state index in [-0.39, 0.29) is 11.3 Å². The lowest BCUT2D eigenvalue weighted by Gasteiger charge is -2.29. The summed E-state index contributed by atoms with van der Waals surface area (Å²) < 4.78 is 0. The number of carboxylic acids is 1. The van der Waals surface area contributed by atoms with Crippen molar-refractivity contribution in [1.29, 1.82) is 0 Å². The minimum absolute atomic E-state index is 0.0602. The van der Waals surface area contributed by atoms with E-state index in [1.165, 1.54) is 0 Å². The first-order chi connectivity index (χ1) is 5.30. The first kappa shape index (κ1) is 11.7. The summed E-state index contributed by atoms with van der Waals surface area (Å²) in [5, 5.41) is 8.75. The van der Waals surface area contributed by atoms with Crippen molar-refractivity contribution in [3.8, 4) is 0 Å². The molecule has 0 unspecified atom stereocenters. The van der Waals surface area contributed by atoms with E-state index in [4.69, 9.17) is 5.11 Å². The summed E-state index contributed by atoms with van der Waals surface area (Å²) in [5.41, 5.74) is -0.0751. The molecular weight excluding hydrogens is 220 g/mol. The number of allylic oxidation sites excluding steroid dienone is 1. The van der Waals surface area contributed by atoms with Gasteiger partial charge in [-0.3, -0.25) is 4.79 Å². The number of rotatable bonds is 3. The SMILES string of the molecule is C=C[C@@H]([C@H](Br)C(=O)O)C(C)(C)C. The van der Waals surface area contributed by atoms with Gasteiger partial charge in [-0.25, -0.2) is 0 Å². The van der Waals surface area contributed by atoms with E-state index in [1.807, 2.05) is 20.8 Å². The summed E-state index contributed by atoms with van der Waals surface area (Å²) >= 11 is 3.13. The van der Waals surface area contributed by atoms with Crippen molar-refractivity contribution in [1.82, 2.24) is 0 Å². The Kier molecular flexibility index (Phi) is 3.97. The Morgan fingerprint density at radius 1 is 1.58 bits per heavy atom. The van der Waals surface area contributed by atoms with Crippen LogP contribution in [0.5, 0.6) is 0 Å². The molecule has 0 aliphatic rings. The molecule has 1 N–H and O–H groups in total. The lowest BCUT2D eigenvalue weighted by atomic mass is 9.79. The third kappa shape index (κ3) is 2.97. The van der Waals surface area contributed by atoms with Gasteiger partial charge in [-0.05, 0) is 5.41 Å². The highest BCUT2D eigenvalue weighted by Gasteiger charge is 2.32. The molecule has 0 heterocycles. The van der Waals surface area contributed by atoms with Crippen LogP contribution >= 0.6 is 15.9 Å². The molecule has 0 saturated heterocycles. The second-order valence-electron chi connectivity index (χ2n) is 3.87. The van der Waals surface area contributed by atoms with Gasteiger partial charge in [0.15, 0.2) is 0 Å². The van der Waals surface area contributed by atoms with Crippen molar-refractivity contribution < 1.29 is 9.90 Å². The number of aliphatic carboxylic acids is 1. The molecule has 0 fully saturated rings. The lowest BCUT2D eigenvalue weighted by molar-refractivity contribution is -0.137. The molecule has 12 heavy (non-hydrogen) atoms. The smallest absolute Gasteiger partial charge is 0.317 e. The topological polar surface area (TPSA) is 37.3 Å². The van der Waals surface area contributed by atoms with Gasteiger partial charge in [0.05, 0.1) is 0 Å². The minimum atomic E-state index is -0.838. The molecule has 2 nitrogen and oxygen atoms in total. The molecule has 0 aromatic heterocycles. The fraction of sp³-hybridized carbons (Fsp3) is 0.667. The zero-order chi connectivity index (χ0) is 9.94. The number of carboxylic acid groups (broad SMARTS) is 1. The molecule has 3 heteroatoms. The van der Waals surface area contributed by atoms with Crippen LogP contribution in [0.2, 0.25) is 0 Å². The van der Waals surface area contributed by atoms with Crippen molar-refractivity contribution in [2.24, 2.45) is 11.3 Å². The Bertz CT molecular complexity index is 181. The van der Waals surface area contributed by atoms with Gasteiger partial charge in [-0.2, -0.15) is 0 Å². The highest BCUT2D eigenvalue weighted by atomic mass is 79.9. The van der Waals surface area contributed by atoms with Gasteiger partial charge in [0.25, 0.3) is 0 Å². The van der Waals surface area contributed by atoms with E-state index < -0.39 is 10.8 Å². The molecular formula is C9H15BrO2. The fourth-order valence-corrected chi connectivity index (χ4v) is 2.07. The third-order valence-corrected chi connectivity index (χ3v) is 2.77. The molecule has 0 spiro atoms. The van der Waals surface area contributed by atoms with Crippen LogP contribution in [0.3, 0.4) is 0 Å². The van der Waals surface area contributed by atoms with Crippen LogP contribution in [0.25, 0.3) is 0 Å². The van der Waals surface area contributed by atoms with Crippen LogP contribution < -0.4 is 0 Å². The van der Waals surface area contributed by atoms with Crippen molar-refractivity contribution in [3.05, 3.63) is 12.7 Å². The van der Waals surface area contributed by atoms with Crippen LogP contribution in [-0.2, 0) is 4.79 Å². The second kappa shape index (κ2) is 4.08. The van der Waals surface area contributed by atoms with Crippen molar-refractivity contribution in [3.63, 3.8) is 0 Å². The summed E-state index contributed by atoms with van der Waals surface area (Å²) in [5.74, 6) is -0.898. The Labute approximate surface area is 81.8 Å². The fourth-order valence-electron chi connectivity index (χ4n) is 1.07. The maximum atomic E-state index is 10.7. The van der Waals surface area contributed by atoms with Crippen LogP contribution in [0.1, 0.15) is 20.8 Å². The summed E-state index contributed by atoms with van der Waals surface area (Å²) in [7, 11) is 0. The summed E-state index contributed by atoms with van der Waals surface area (Å²) in [6.45, 7) is 9.63. The van der Waals surface area contributed by atoms with Crippen molar-refractivity contribution >= 4 is 21.9 Å².